The first-order chi connectivity index (χ1) is 5.77. The Labute approximate surface area is 76.3 Å². The highest BCUT2D eigenvalue weighted by Gasteiger charge is 2.00. The van der Waals surface area contributed by atoms with Gasteiger partial charge in [0.1, 0.15) is 11.6 Å². The van der Waals surface area contributed by atoms with Crippen LogP contribution in [0, 0.1) is 0 Å². The van der Waals surface area contributed by atoms with Crippen molar-refractivity contribution < 1.29 is 4.74 Å². The van der Waals surface area contributed by atoms with Crippen LogP contribution in [0.5, 0.6) is 5.75 Å². The lowest BCUT2D eigenvalue weighted by molar-refractivity contribution is 0.338. The van der Waals surface area contributed by atoms with Crippen molar-refractivity contribution in [3.05, 3.63) is 12.3 Å². The van der Waals surface area contributed by atoms with Crippen LogP contribution < -0.4 is 10.5 Å². The third-order valence-electron chi connectivity index (χ3n) is 1.39. The van der Waals surface area contributed by atoms with Crippen molar-refractivity contribution in [3.63, 3.8) is 0 Å². The van der Waals surface area contributed by atoms with Gasteiger partial charge in [-0.3, -0.25) is 0 Å². The van der Waals surface area contributed by atoms with Gasteiger partial charge in [0.25, 0.3) is 0 Å². The van der Waals surface area contributed by atoms with Gasteiger partial charge < -0.3 is 10.5 Å². The molecule has 2 N–H and O–H groups in total. The van der Waals surface area contributed by atoms with Crippen molar-refractivity contribution in [1.29, 1.82) is 0 Å². The molecule has 0 aliphatic heterocycles. The second-order valence-corrected chi connectivity index (χ2v) is 3.04. The van der Waals surface area contributed by atoms with E-state index in [1.807, 2.05) is 19.2 Å². The van der Waals surface area contributed by atoms with E-state index >= 15 is 0 Å². The molecule has 1 aromatic heterocycles. The van der Waals surface area contributed by atoms with E-state index in [9.17, 15) is 0 Å². The molecule has 3 nitrogen and oxygen atoms in total. The zero-order valence-corrected chi connectivity index (χ0v) is 8.02. The van der Waals surface area contributed by atoms with E-state index in [1.165, 1.54) is 0 Å². The van der Waals surface area contributed by atoms with Gasteiger partial charge in [-0.25, -0.2) is 4.98 Å². The first kappa shape index (κ1) is 9.19. The van der Waals surface area contributed by atoms with Crippen molar-refractivity contribution in [2.45, 2.75) is 11.8 Å². The highest BCUT2D eigenvalue weighted by atomic mass is 32.2. The third-order valence-corrected chi connectivity index (χ3v) is 2.15. The fourth-order valence-corrected chi connectivity index (χ4v) is 1.34. The number of thioether (sulfide) groups is 1. The fraction of sp³-hybridized carbons (Fsp3) is 0.375. The van der Waals surface area contributed by atoms with E-state index in [4.69, 9.17) is 10.5 Å². The van der Waals surface area contributed by atoms with Gasteiger partial charge in [0.15, 0.2) is 0 Å². The van der Waals surface area contributed by atoms with Crippen molar-refractivity contribution >= 4 is 17.6 Å². The summed E-state index contributed by atoms with van der Waals surface area (Å²) in [7, 11) is 0. The summed E-state index contributed by atoms with van der Waals surface area (Å²) < 4.78 is 5.27. The molecule has 0 aliphatic rings. The molecule has 0 saturated carbocycles. The molecule has 0 spiro atoms. The van der Waals surface area contributed by atoms with E-state index in [0.717, 1.165) is 10.6 Å². The molecule has 66 valence electrons. The van der Waals surface area contributed by atoms with E-state index in [1.54, 1.807) is 18.0 Å². The minimum absolute atomic E-state index is 0.561. The van der Waals surface area contributed by atoms with Crippen LogP contribution in [-0.2, 0) is 0 Å². The maximum Gasteiger partial charge on any atom is 0.138 e. The van der Waals surface area contributed by atoms with Gasteiger partial charge in [-0.1, -0.05) is 0 Å². The van der Waals surface area contributed by atoms with Crippen LogP contribution in [0.3, 0.4) is 0 Å². The van der Waals surface area contributed by atoms with Gasteiger partial charge in [-0.15, -0.1) is 11.8 Å². The fourth-order valence-electron chi connectivity index (χ4n) is 0.846. The normalized spacial score (nSPS) is 9.83. The van der Waals surface area contributed by atoms with Crippen molar-refractivity contribution in [2.75, 3.05) is 18.6 Å². The Hall–Kier alpha value is -0.900. The van der Waals surface area contributed by atoms with Crippen LogP contribution in [0.1, 0.15) is 6.92 Å². The second kappa shape index (κ2) is 4.21. The summed E-state index contributed by atoms with van der Waals surface area (Å²) in [6.07, 6.45) is 3.60. The first-order valence-corrected chi connectivity index (χ1v) is 4.92. The zero-order valence-electron chi connectivity index (χ0n) is 7.20. The maximum atomic E-state index is 5.61. The topological polar surface area (TPSA) is 48.1 Å². The molecule has 0 bridgehead atoms. The Balaban J connectivity index is 2.89. The smallest absolute Gasteiger partial charge is 0.138 e. The molecule has 1 aromatic rings. The SMILES string of the molecule is CCOc1cnc(N)c(SC)c1. The summed E-state index contributed by atoms with van der Waals surface area (Å²) in [5, 5.41) is 0. The molecule has 0 aliphatic carbocycles. The third kappa shape index (κ3) is 2.04. The van der Waals surface area contributed by atoms with Gasteiger partial charge in [0, 0.05) is 0 Å². The van der Waals surface area contributed by atoms with Crippen LogP contribution in [0.15, 0.2) is 17.2 Å². The Bertz CT molecular complexity index is 265. The van der Waals surface area contributed by atoms with Gasteiger partial charge in [0.2, 0.25) is 0 Å². The largest absolute Gasteiger partial charge is 0.492 e. The predicted octanol–water partition coefficient (Wildman–Crippen LogP) is 1.78. The van der Waals surface area contributed by atoms with Crippen LogP contribution in [0.4, 0.5) is 5.82 Å². The summed E-state index contributed by atoms with van der Waals surface area (Å²) in [6, 6.07) is 1.90. The molecule has 0 fully saturated rings. The lowest BCUT2D eigenvalue weighted by Crippen LogP contribution is -1.96. The number of rotatable bonds is 3. The van der Waals surface area contributed by atoms with E-state index in [2.05, 4.69) is 4.98 Å². The van der Waals surface area contributed by atoms with Crippen molar-refractivity contribution in [1.82, 2.24) is 4.98 Å². The number of anilines is 1. The summed E-state index contributed by atoms with van der Waals surface area (Å²) in [5.74, 6) is 1.34. The lowest BCUT2D eigenvalue weighted by Gasteiger charge is -2.05. The number of hydrogen-bond acceptors (Lipinski definition) is 4. The van der Waals surface area contributed by atoms with Crippen LogP contribution in [-0.4, -0.2) is 17.8 Å². The number of nitrogens with zero attached hydrogens (tertiary/aromatic N) is 1. The number of nitrogen functional groups attached to an aromatic ring is 1. The highest BCUT2D eigenvalue weighted by molar-refractivity contribution is 7.98. The van der Waals surface area contributed by atoms with Gasteiger partial charge in [-0.05, 0) is 19.2 Å². The average Bonchev–Trinajstić information content (AvgIpc) is 2.09. The molecule has 0 amide bonds. The molecule has 12 heavy (non-hydrogen) atoms. The zero-order chi connectivity index (χ0) is 8.97. The van der Waals surface area contributed by atoms with Gasteiger partial charge >= 0.3 is 0 Å². The monoisotopic (exact) mass is 184 g/mol. The van der Waals surface area contributed by atoms with Gasteiger partial charge in [0.05, 0.1) is 17.7 Å². The highest BCUT2D eigenvalue weighted by Crippen LogP contribution is 2.24. The Morgan fingerprint density at radius 2 is 2.42 bits per heavy atom. The van der Waals surface area contributed by atoms with E-state index in [-0.39, 0.29) is 0 Å². The minimum Gasteiger partial charge on any atom is -0.492 e. The van der Waals surface area contributed by atoms with Crippen LogP contribution >= 0.6 is 11.8 Å². The Morgan fingerprint density at radius 1 is 1.67 bits per heavy atom. The van der Waals surface area contributed by atoms with Crippen molar-refractivity contribution in [2.24, 2.45) is 0 Å². The molecule has 4 heteroatoms. The molecule has 0 aromatic carbocycles. The second-order valence-electron chi connectivity index (χ2n) is 2.19. The Morgan fingerprint density at radius 3 is 3.00 bits per heavy atom. The molecule has 0 atom stereocenters. The van der Waals surface area contributed by atoms with Crippen LogP contribution in [0.2, 0.25) is 0 Å². The minimum atomic E-state index is 0.561. The molecule has 1 rings (SSSR count). The molecule has 0 unspecified atom stereocenters. The molecule has 1 heterocycles. The first-order valence-electron chi connectivity index (χ1n) is 3.70. The summed E-state index contributed by atoms with van der Waals surface area (Å²) in [5.41, 5.74) is 5.61. The van der Waals surface area contributed by atoms with E-state index in [0.29, 0.717) is 12.4 Å². The Kier molecular flexibility index (Phi) is 3.22. The standard InChI is InChI=1S/C8H12N2OS/c1-3-11-6-4-7(12-2)8(9)10-5-6/h4-5H,3H2,1-2H3,(H2,9,10). The van der Waals surface area contributed by atoms with Crippen molar-refractivity contribution in [3.8, 4) is 5.75 Å². The number of aromatic nitrogens is 1. The lowest BCUT2D eigenvalue weighted by atomic mass is 10.4. The molecular weight excluding hydrogens is 172 g/mol. The molecule has 0 radical (unpaired) electrons. The number of pyridine rings is 1. The average molecular weight is 184 g/mol. The summed E-state index contributed by atoms with van der Waals surface area (Å²) in [4.78, 5) is 4.96. The van der Waals surface area contributed by atoms with Gasteiger partial charge in [-0.2, -0.15) is 0 Å². The quantitative estimate of drug-likeness (QED) is 0.727. The van der Waals surface area contributed by atoms with E-state index < -0.39 is 0 Å². The van der Waals surface area contributed by atoms with Crippen LogP contribution in [0.25, 0.3) is 0 Å². The summed E-state index contributed by atoms with van der Waals surface area (Å²) >= 11 is 1.57. The maximum absolute atomic E-state index is 5.61. The number of nitrogens with two attached hydrogens (primary N) is 1. The number of ether oxygens (including phenoxy) is 1. The number of hydrogen-bond donors (Lipinski definition) is 1. The predicted molar refractivity (Wildman–Crippen MR) is 51.6 cm³/mol. The summed E-state index contributed by atoms with van der Waals surface area (Å²) in [6.45, 7) is 2.59. The molecular formula is C8H12N2OS. The molecule has 0 saturated heterocycles.